The maximum Gasteiger partial charge on any atom is 0.191 e. The van der Waals surface area contributed by atoms with E-state index in [2.05, 4.69) is 32.9 Å². The van der Waals surface area contributed by atoms with Crippen molar-refractivity contribution in [1.82, 2.24) is 20.4 Å². The van der Waals surface area contributed by atoms with Crippen molar-refractivity contribution in [3.05, 3.63) is 53.9 Å². The molecule has 0 saturated carbocycles. The summed E-state index contributed by atoms with van der Waals surface area (Å²) in [6, 6.07) is 12.1. The Morgan fingerprint density at radius 2 is 2.00 bits per heavy atom. The number of guanidine groups is 1. The number of aromatic nitrogens is 2. The van der Waals surface area contributed by atoms with E-state index < -0.39 is 0 Å². The van der Waals surface area contributed by atoms with Crippen LogP contribution in [0.4, 0.5) is 0 Å². The molecular formula is C16H24IN5O. The van der Waals surface area contributed by atoms with Gasteiger partial charge < -0.3 is 15.4 Å². The van der Waals surface area contributed by atoms with Crippen molar-refractivity contribution in [2.45, 2.75) is 13.2 Å². The zero-order valence-electron chi connectivity index (χ0n) is 13.5. The number of nitrogens with one attached hydrogen (secondary N) is 2. The number of aryl methyl sites for hydroxylation is 1. The number of halogens is 1. The minimum absolute atomic E-state index is 0. The Bertz CT molecular complexity index is 585. The lowest BCUT2D eigenvalue weighted by Crippen LogP contribution is -2.38. The molecule has 6 nitrogen and oxygen atoms in total. The molecule has 7 heteroatoms. The quantitative estimate of drug-likeness (QED) is 0.306. The summed E-state index contributed by atoms with van der Waals surface area (Å²) < 4.78 is 7.46. The first-order valence-corrected chi connectivity index (χ1v) is 7.32. The van der Waals surface area contributed by atoms with Gasteiger partial charge in [0.2, 0.25) is 0 Å². The molecule has 23 heavy (non-hydrogen) atoms. The van der Waals surface area contributed by atoms with E-state index in [9.17, 15) is 0 Å². The molecule has 1 aromatic carbocycles. The third kappa shape index (κ3) is 7.00. The van der Waals surface area contributed by atoms with Crippen LogP contribution in [0.25, 0.3) is 0 Å². The molecule has 2 N–H and O–H groups in total. The predicted octanol–water partition coefficient (Wildman–Crippen LogP) is 1.92. The normalized spacial score (nSPS) is 11.0. The van der Waals surface area contributed by atoms with Crippen LogP contribution in [0.1, 0.15) is 11.3 Å². The molecule has 0 saturated heterocycles. The summed E-state index contributed by atoms with van der Waals surface area (Å²) in [6.45, 7) is 2.64. The van der Waals surface area contributed by atoms with Crippen LogP contribution in [0.2, 0.25) is 0 Å². The van der Waals surface area contributed by atoms with Crippen molar-refractivity contribution in [2.24, 2.45) is 12.0 Å². The molecule has 0 amide bonds. The average Bonchev–Trinajstić information content (AvgIpc) is 2.96. The van der Waals surface area contributed by atoms with Crippen LogP contribution >= 0.6 is 24.0 Å². The summed E-state index contributed by atoms with van der Waals surface area (Å²) in [5.74, 6) is 0.754. The molecule has 2 rings (SSSR count). The Morgan fingerprint density at radius 3 is 2.65 bits per heavy atom. The molecule has 0 bridgehead atoms. The molecule has 0 fully saturated rings. The summed E-state index contributed by atoms with van der Waals surface area (Å²) in [6.07, 6.45) is 1.78. The second-order valence-electron chi connectivity index (χ2n) is 4.84. The standard InChI is InChI=1S/C16H23N5O.HI/c1-17-16(19-12-15-8-9-20-21(15)2)18-10-11-22-13-14-6-4-3-5-7-14;/h3-9H,10-13H2,1-2H3,(H2,17,18,19);1H. The predicted molar refractivity (Wildman–Crippen MR) is 103 cm³/mol. The topological polar surface area (TPSA) is 63.5 Å². The van der Waals surface area contributed by atoms with E-state index in [-0.39, 0.29) is 24.0 Å². The lowest BCUT2D eigenvalue weighted by molar-refractivity contribution is 0.125. The third-order valence-electron chi connectivity index (χ3n) is 3.23. The largest absolute Gasteiger partial charge is 0.375 e. The van der Waals surface area contributed by atoms with Crippen LogP contribution in [-0.4, -0.2) is 35.9 Å². The van der Waals surface area contributed by atoms with Crippen molar-refractivity contribution in [1.29, 1.82) is 0 Å². The number of hydrogen-bond donors (Lipinski definition) is 2. The van der Waals surface area contributed by atoms with E-state index in [0.717, 1.165) is 11.7 Å². The molecule has 0 aliphatic rings. The third-order valence-corrected chi connectivity index (χ3v) is 3.23. The summed E-state index contributed by atoms with van der Waals surface area (Å²) in [7, 11) is 3.67. The molecule has 1 heterocycles. The highest BCUT2D eigenvalue weighted by Gasteiger charge is 2.01. The highest BCUT2D eigenvalue weighted by molar-refractivity contribution is 14.0. The van der Waals surface area contributed by atoms with Gasteiger partial charge in [0.05, 0.1) is 25.5 Å². The first kappa shape index (κ1) is 19.4. The summed E-state index contributed by atoms with van der Waals surface area (Å²) in [4.78, 5) is 4.18. The second-order valence-corrected chi connectivity index (χ2v) is 4.84. The zero-order valence-corrected chi connectivity index (χ0v) is 15.9. The molecule has 126 valence electrons. The Kier molecular flexibility index (Phi) is 9.30. The van der Waals surface area contributed by atoms with Crippen molar-refractivity contribution in [3.63, 3.8) is 0 Å². The van der Waals surface area contributed by atoms with Gasteiger partial charge in [0.25, 0.3) is 0 Å². The van der Waals surface area contributed by atoms with Crippen LogP contribution in [0, 0.1) is 0 Å². The van der Waals surface area contributed by atoms with Crippen molar-refractivity contribution in [2.75, 3.05) is 20.2 Å². The Hall–Kier alpha value is -1.61. The maximum atomic E-state index is 5.62. The molecule has 0 atom stereocenters. The summed E-state index contributed by atoms with van der Waals surface area (Å²) in [5.41, 5.74) is 2.28. The number of rotatable bonds is 7. The van der Waals surface area contributed by atoms with Gasteiger partial charge >= 0.3 is 0 Å². The summed E-state index contributed by atoms with van der Waals surface area (Å²) in [5, 5.41) is 10.6. The average molecular weight is 429 g/mol. The van der Waals surface area contributed by atoms with Gasteiger partial charge in [0, 0.05) is 26.8 Å². The van der Waals surface area contributed by atoms with Crippen molar-refractivity contribution in [3.8, 4) is 0 Å². The molecule has 1 aromatic heterocycles. The molecule has 2 aromatic rings. The smallest absolute Gasteiger partial charge is 0.191 e. The number of aliphatic imine (C=N–C) groups is 1. The van der Waals surface area contributed by atoms with Gasteiger partial charge in [0.1, 0.15) is 0 Å². The Morgan fingerprint density at radius 1 is 1.22 bits per heavy atom. The van der Waals surface area contributed by atoms with Crippen LogP contribution < -0.4 is 10.6 Å². The summed E-state index contributed by atoms with van der Waals surface area (Å²) >= 11 is 0. The van der Waals surface area contributed by atoms with E-state index in [1.165, 1.54) is 5.56 Å². The van der Waals surface area contributed by atoms with Crippen molar-refractivity contribution < 1.29 is 4.74 Å². The second kappa shape index (κ2) is 11.0. The first-order chi connectivity index (χ1) is 10.8. The SMILES string of the molecule is CN=C(NCCOCc1ccccc1)NCc1ccnn1C.I. The van der Waals surface area contributed by atoms with E-state index in [1.54, 1.807) is 13.2 Å². The molecule has 0 unspecified atom stereocenters. The Labute approximate surface area is 154 Å². The van der Waals surface area contributed by atoms with E-state index in [0.29, 0.717) is 26.3 Å². The van der Waals surface area contributed by atoms with E-state index >= 15 is 0 Å². The number of nitrogens with zero attached hydrogens (tertiary/aromatic N) is 3. The zero-order chi connectivity index (χ0) is 15.6. The van der Waals surface area contributed by atoms with Crippen LogP contribution in [0.15, 0.2) is 47.6 Å². The Balaban J connectivity index is 0.00000264. The monoisotopic (exact) mass is 429 g/mol. The maximum absolute atomic E-state index is 5.62. The van der Waals surface area contributed by atoms with Gasteiger partial charge in [-0.1, -0.05) is 30.3 Å². The van der Waals surface area contributed by atoms with Gasteiger partial charge in [-0.2, -0.15) is 5.10 Å². The van der Waals surface area contributed by atoms with Gasteiger partial charge in [-0.3, -0.25) is 9.67 Å². The molecule has 0 spiro atoms. The number of ether oxygens (including phenoxy) is 1. The highest BCUT2D eigenvalue weighted by atomic mass is 127. The highest BCUT2D eigenvalue weighted by Crippen LogP contribution is 1.99. The van der Waals surface area contributed by atoms with E-state index in [4.69, 9.17) is 4.74 Å². The fraction of sp³-hybridized carbons (Fsp3) is 0.375. The molecular weight excluding hydrogens is 405 g/mol. The van der Waals surface area contributed by atoms with E-state index in [1.807, 2.05) is 36.0 Å². The van der Waals surface area contributed by atoms with Crippen LogP contribution in [0.5, 0.6) is 0 Å². The number of benzene rings is 1. The minimum Gasteiger partial charge on any atom is -0.375 e. The fourth-order valence-electron chi connectivity index (χ4n) is 1.98. The van der Waals surface area contributed by atoms with Gasteiger partial charge in [-0.15, -0.1) is 24.0 Å². The lowest BCUT2D eigenvalue weighted by atomic mass is 10.2. The minimum atomic E-state index is 0. The van der Waals surface area contributed by atoms with Gasteiger partial charge in [-0.05, 0) is 11.6 Å². The molecule has 0 aliphatic heterocycles. The van der Waals surface area contributed by atoms with Gasteiger partial charge in [0.15, 0.2) is 5.96 Å². The fourth-order valence-corrected chi connectivity index (χ4v) is 1.98. The number of hydrogen-bond acceptors (Lipinski definition) is 3. The first-order valence-electron chi connectivity index (χ1n) is 7.32. The van der Waals surface area contributed by atoms with Crippen molar-refractivity contribution >= 4 is 29.9 Å². The van der Waals surface area contributed by atoms with Gasteiger partial charge in [-0.25, -0.2) is 0 Å². The van der Waals surface area contributed by atoms with Crippen LogP contribution in [-0.2, 0) is 24.9 Å². The molecule has 0 aliphatic carbocycles. The van der Waals surface area contributed by atoms with Crippen LogP contribution in [0.3, 0.4) is 0 Å². The molecule has 0 radical (unpaired) electrons. The lowest BCUT2D eigenvalue weighted by Gasteiger charge is -2.12.